The smallest absolute Gasteiger partial charge is 0.333 e. The first-order chi connectivity index (χ1) is 8.58. The number of hydrogen-bond acceptors (Lipinski definition) is 4. The highest BCUT2D eigenvalue weighted by Gasteiger charge is 2.20. The maximum absolute atomic E-state index is 11.3. The van der Waals surface area contributed by atoms with E-state index in [0.717, 1.165) is 13.1 Å². The second-order valence-electron chi connectivity index (χ2n) is 4.98. The number of likely N-dealkylation sites (tertiary alicyclic amines) is 1. The van der Waals surface area contributed by atoms with Gasteiger partial charge in [-0.15, -0.1) is 0 Å². The minimum absolute atomic E-state index is 0.232. The van der Waals surface area contributed by atoms with Crippen molar-refractivity contribution < 1.29 is 9.53 Å². The number of carbonyl (C=O) groups excluding carboxylic acids is 1. The first-order valence-corrected chi connectivity index (χ1v) is 6.76. The molecule has 0 aromatic carbocycles. The third kappa shape index (κ3) is 4.42. The summed E-state index contributed by atoms with van der Waals surface area (Å²) in [5, 5.41) is 0. The van der Waals surface area contributed by atoms with Crippen molar-refractivity contribution in [1.82, 2.24) is 9.80 Å². The molecule has 0 saturated carbocycles. The van der Waals surface area contributed by atoms with Gasteiger partial charge in [0.2, 0.25) is 0 Å². The van der Waals surface area contributed by atoms with Crippen LogP contribution in [-0.4, -0.2) is 62.1 Å². The van der Waals surface area contributed by atoms with E-state index < -0.39 is 0 Å². The highest BCUT2D eigenvalue weighted by molar-refractivity contribution is 5.87. The fourth-order valence-corrected chi connectivity index (χ4v) is 2.35. The Hall–Kier alpha value is -0.870. The zero-order valence-corrected chi connectivity index (χ0v) is 12.1. The fourth-order valence-electron chi connectivity index (χ4n) is 2.35. The summed E-state index contributed by atoms with van der Waals surface area (Å²) in [5.74, 6) is -0.232. The molecular weight excluding hydrogens is 228 g/mol. The van der Waals surface area contributed by atoms with Gasteiger partial charge < -0.3 is 9.64 Å². The van der Waals surface area contributed by atoms with Gasteiger partial charge >= 0.3 is 5.97 Å². The topological polar surface area (TPSA) is 32.8 Å². The minimum atomic E-state index is -0.232. The van der Waals surface area contributed by atoms with Crippen molar-refractivity contribution in [3.05, 3.63) is 11.6 Å². The third-order valence-electron chi connectivity index (χ3n) is 3.82. The minimum Gasteiger partial charge on any atom is -0.466 e. The van der Waals surface area contributed by atoms with Gasteiger partial charge in [0.25, 0.3) is 0 Å². The fraction of sp³-hybridized carbons (Fsp3) is 0.786. The van der Waals surface area contributed by atoms with E-state index in [1.807, 2.05) is 6.08 Å². The predicted octanol–water partition coefficient (Wildman–Crippen LogP) is 1.52. The zero-order valence-electron chi connectivity index (χ0n) is 12.1. The molecular formula is C14H26N2O2. The Kier molecular flexibility index (Phi) is 6.36. The predicted molar refractivity (Wildman–Crippen MR) is 73.5 cm³/mol. The number of nitrogens with zero attached hydrogens (tertiary/aromatic N) is 2. The normalized spacial score (nSPS) is 19.3. The Bertz CT molecular complexity index is 294. The van der Waals surface area contributed by atoms with E-state index in [-0.39, 0.29) is 5.97 Å². The molecule has 0 amide bonds. The van der Waals surface area contributed by atoms with E-state index in [9.17, 15) is 4.79 Å². The summed E-state index contributed by atoms with van der Waals surface area (Å²) in [5.41, 5.74) is 0.690. The highest BCUT2D eigenvalue weighted by Crippen LogP contribution is 2.15. The number of likely N-dealkylation sites (N-methyl/N-ethyl adjacent to an activating group) is 1. The number of carbonyl (C=O) groups is 1. The van der Waals surface area contributed by atoms with Crippen LogP contribution in [0.1, 0.15) is 26.7 Å². The van der Waals surface area contributed by atoms with Crippen molar-refractivity contribution in [3.63, 3.8) is 0 Å². The van der Waals surface area contributed by atoms with Crippen molar-refractivity contribution in [2.75, 3.05) is 40.3 Å². The lowest BCUT2D eigenvalue weighted by molar-refractivity contribution is -0.136. The molecule has 1 heterocycles. The zero-order chi connectivity index (χ0) is 13.5. The summed E-state index contributed by atoms with van der Waals surface area (Å²) >= 11 is 0. The van der Waals surface area contributed by atoms with Crippen LogP contribution in [-0.2, 0) is 9.53 Å². The van der Waals surface area contributed by atoms with E-state index >= 15 is 0 Å². The number of esters is 1. The van der Waals surface area contributed by atoms with Crippen LogP contribution < -0.4 is 0 Å². The average Bonchev–Trinajstić information content (AvgIpc) is 2.43. The van der Waals surface area contributed by atoms with Gasteiger partial charge in [0, 0.05) is 18.2 Å². The summed E-state index contributed by atoms with van der Waals surface area (Å²) < 4.78 is 4.69. The van der Waals surface area contributed by atoms with Gasteiger partial charge in [-0.05, 0) is 46.4 Å². The van der Waals surface area contributed by atoms with E-state index in [0.29, 0.717) is 11.6 Å². The van der Waals surface area contributed by atoms with Crippen LogP contribution in [0.2, 0.25) is 0 Å². The van der Waals surface area contributed by atoms with Crippen LogP contribution in [0.4, 0.5) is 0 Å². The second kappa shape index (κ2) is 7.54. The van der Waals surface area contributed by atoms with Gasteiger partial charge in [-0.25, -0.2) is 4.79 Å². The van der Waals surface area contributed by atoms with Crippen LogP contribution in [0.5, 0.6) is 0 Å². The van der Waals surface area contributed by atoms with Gasteiger partial charge in [-0.1, -0.05) is 13.0 Å². The third-order valence-corrected chi connectivity index (χ3v) is 3.82. The van der Waals surface area contributed by atoms with Gasteiger partial charge in [0.15, 0.2) is 0 Å². The maximum Gasteiger partial charge on any atom is 0.333 e. The molecule has 1 aliphatic heterocycles. The molecule has 18 heavy (non-hydrogen) atoms. The Labute approximate surface area is 111 Å². The van der Waals surface area contributed by atoms with E-state index in [1.165, 1.54) is 33.0 Å². The highest BCUT2D eigenvalue weighted by atomic mass is 16.5. The molecule has 1 fully saturated rings. The molecule has 0 bridgehead atoms. The SMILES string of the molecule is CCN1CCC(N(C)CC=C(C)C(=O)OC)CC1. The summed E-state index contributed by atoms with van der Waals surface area (Å²) in [7, 11) is 3.55. The summed E-state index contributed by atoms with van der Waals surface area (Å²) in [6.07, 6.45) is 4.39. The summed E-state index contributed by atoms with van der Waals surface area (Å²) in [6, 6.07) is 0.634. The first kappa shape index (κ1) is 15.2. The molecule has 0 atom stereocenters. The summed E-state index contributed by atoms with van der Waals surface area (Å²) in [6.45, 7) is 8.36. The van der Waals surface area contributed by atoms with Crippen molar-refractivity contribution in [3.8, 4) is 0 Å². The number of piperidine rings is 1. The Morgan fingerprint density at radius 3 is 2.56 bits per heavy atom. The molecule has 0 aromatic heterocycles. The molecule has 1 rings (SSSR count). The van der Waals surface area contributed by atoms with E-state index in [1.54, 1.807) is 6.92 Å². The van der Waals surface area contributed by atoms with Crippen molar-refractivity contribution in [1.29, 1.82) is 0 Å². The molecule has 0 aliphatic carbocycles. The monoisotopic (exact) mass is 254 g/mol. The molecule has 0 N–H and O–H groups in total. The van der Waals surface area contributed by atoms with E-state index in [2.05, 4.69) is 28.5 Å². The first-order valence-electron chi connectivity index (χ1n) is 6.76. The standard InChI is InChI=1S/C14H26N2O2/c1-5-16-10-7-13(8-11-16)15(3)9-6-12(2)14(17)18-4/h6,13H,5,7-11H2,1-4H3. The summed E-state index contributed by atoms with van der Waals surface area (Å²) in [4.78, 5) is 16.1. The molecule has 0 unspecified atom stereocenters. The number of methoxy groups -OCH3 is 1. The molecule has 4 heteroatoms. The Morgan fingerprint density at radius 1 is 1.44 bits per heavy atom. The average molecular weight is 254 g/mol. The molecule has 0 spiro atoms. The largest absolute Gasteiger partial charge is 0.466 e. The number of hydrogen-bond donors (Lipinski definition) is 0. The molecule has 4 nitrogen and oxygen atoms in total. The maximum atomic E-state index is 11.3. The second-order valence-corrected chi connectivity index (χ2v) is 4.98. The van der Waals surface area contributed by atoms with Crippen molar-refractivity contribution in [2.24, 2.45) is 0 Å². The van der Waals surface area contributed by atoms with Gasteiger partial charge in [-0.2, -0.15) is 0 Å². The van der Waals surface area contributed by atoms with Gasteiger partial charge in [-0.3, -0.25) is 4.90 Å². The molecule has 0 aromatic rings. The van der Waals surface area contributed by atoms with Gasteiger partial charge in [0.1, 0.15) is 0 Å². The molecule has 104 valence electrons. The lowest BCUT2D eigenvalue weighted by Gasteiger charge is -2.35. The quantitative estimate of drug-likeness (QED) is 0.550. The van der Waals surface area contributed by atoms with Crippen LogP contribution in [0.3, 0.4) is 0 Å². The molecule has 1 aliphatic rings. The number of ether oxygens (including phenoxy) is 1. The van der Waals surface area contributed by atoms with Crippen LogP contribution in [0.25, 0.3) is 0 Å². The van der Waals surface area contributed by atoms with Crippen molar-refractivity contribution in [2.45, 2.75) is 32.7 Å². The lowest BCUT2D eigenvalue weighted by atomic mass is 10.0. The van der Waals surface area contributed by atoms with Crippen LogP contribution >= 0.6 is 0 Å². The Balaban J connectivity index is 2.37. The number of rotatable bonds is 5. The van der Waals surface area contributed by atoms with Gasteiger partial charge in [0.05, 0.1) is 7.11 Å². The molecule has 1 saturated heterocycles. The Morgan fingerprint density at radius 2 is 2.06 bits per heavy atom. The van der Waals surface area contributed by atoms with E-state index in [4.69, 9.17) is 0 Å². The molecule has 0 radical (unpaired) electrons. The van der Waals surface area contributed by atoms with Crippen LogP contribution in [0.15, 0.2) is 11.6 Å². The van der Waals surface area contributed by atoms with Crippen LogP contribution in [0, 0.1) is 0 Å². The van der Waals surface area contributed by atoms with Crippen molar-refractivity contribution >= 4 is 5.97 Å². The lowest BCUT2D eigenvalue weighted by Crippen LogP contribution is -2.43.